The third-order valence-electron chi connectivity index (χ3n) is 4.36. The second kappa shape index (κ2) is 6.26. The molecule has 0 radical (unpaired) electrons. The number of amides is 1. The van der Waals surface area contributed by atoms with Gasteiger partial charge in [0.05, 0.1) is 6.20 Å². The largest absolute Gasteiger partial charge is 0.334 e. The summed E-state index contributed by atoms with van der Waals surface area (Å²) < 4.78 is 3.56. The van der Waals surface area contributed by atoms with E-state index in [2.05, 4.69) is 59.9 Å². The Morgan fingerprint density at radius 2 is 1.91 bits per heavy atom. The predicted octanol–water partition coefficient (Wildman–Crippen LogP) is 2.56. The van der Waals surface area contributed by atoms with E-state index >= 15 is 0 Å². The molecule has 6 nitrogen and oxygen atoms in total. The molecule has 0 aliphatic carbocycles. The average molecular weight is 394 g/mol. The molecular weight excluding hydrogens is 378 g/mol. The number of likely N-dealkylation sites (tertiary alicyclic amines) is 1. The second-order valence-electron chi connectivity index (χ2n) is 5.86. The van der Waals surface area contributed by atoms with Crippen LogP contribution in [0.15, 0.2) is 39.8 Å². The van der Waals surface area contributed by atoms with Crippen LogP contribution < -0.4 is 0 Å². The van der Waals surface area contributed by atoms with Crippen molar-refractivity contribution >= 4 is 33.8 Å². The third-order valence-corrected chi connectivity index (χ3v) is 6.18. The highest BCUT2D eigenvalue weighted by atomic mass is 79.9. The molecule has 2 aromatic rings. The number of halogens is 1. The van der Waals surface area contributed by atoms with E-state index in [1.54, 1.807) is 11.9 Å². The lowest BCUT2D eigenvalue weighted by molar-refractivity contribution is 0.0622. The van der Waals surface area contributed by atoms with Crippen molar-refractivity contribution in [1.82, 2.24) is 24.6 Å². The lowest BCUT2D eigenvalue weighted by Crippen LogP contribution is -2.52. The van der Waals surface area contributed by atoms with E-state index in [0.717, 1.165) is 30.4 Å². The minimum absolute atomic E-state index is 0.0241. The number of nitrogens with zero attached hydrogens (tertiary/aromatic N) is 4. The van der Waals surface area contributed by atoms with Crippen molar-refractivity contribution in [2.45, 2.75) is 29.8 Å². The van der Waals surface area contributed by atoms with Gasteiger partial charge >= 0.3 is 0 Å². The molecule has 2 atom stereocenters. The van der Waals surface area contributed by atoms with Gasteiger partial charge in [0.25, 0.3) is 5.91 Å². The normalized spacial score (nSPS) is 24.1. The molecule has 2 fully saturated rings. The van der Waals surface area contributed by atoms with Crippen LogP contribution in [0.1, 0.15) is 23.3 Å². The maximum Gasteiger partial charge on any atom is 0.276 e. The standard InChI is InChI=1S/C15H16BrN5OS/c16-10-1-5-13(6-2-10)23-21-11-3-4-12(21)9-20(8-11)15(22)14-7-17-19-18-14/h1-2,5-7,11-12H,3-4,8-9H2,(H,17,18,19). The van der Waals surface area contributed by atoms with E-state index in [0.29, 0.717) is 17.8 Å². The molecule has 0 saturated carbocycles. The summed E-state index contributed by atoms with van der Waals surface area (Å²) in [4.78, 5) is 15.6. The third kappa shape index (κ3) is 3.02. The van der Waals surface area contributed by atoms with Crippen molar-refractivity contribution in [1.29, 1.82) is 0 Å². The minimum Gasteiger partial charge on any atom is -0.334 e. The summed E-state index contributed by atoms with van der Waals surface area (Å²) in [7, 11) is 0. The molecule has 4 rings (SSSR count). The molecule has 2 unspecified atom stereocenters. The molecule has 2 aliphatic heterocycles. The van der Waals surface area contributed by atoms with Gasteiger partial charge in [-0.2, -0.15) is 15.4 Å². The van der Waals surface area contributed by atoms with Crippen molar-refractivity contribution < 1.29 is 4.79 Å². The Bertz CT molecular complexity index is 678. The molecule has 2 aliphatic rings. The quantitative estimate of drug-likeness (QED) is 0.811. The van der Waals surface area contributed by atoms with Gasteiger partial charge in [-0.25, -0.2) is 4.31 Å². The Morgan fingerprint density at radius 3 is 2.52 bits per heavy atom. The monoisotopic (exact) mass is 393 g/mol. The summed E-state index contributed by atoms with van der Waals surface area (Å²) >= 11 is 5.27. The molecule has 0 spiro atoms. The van der Waals surface area contributed by atoms with E-state index in [-0.39, 0.29) is 5.91 Å². The van der Waals surface area contributed by atoms with Crippen LogP contribution >= 0.6 is 27.9 Å². The molecular formula is C15H16BrN5OS. The Labute approximate surface area is 146 Å². The van der Waals surface area contributed by atoms with Gasteiger partial charge in [-0.15, -0.1) is 0 Å². The van der Waals surface area contributed by atoms with Crippen molar-refractivity contribution in [3.05, 3.63) is 40.6 Å². The Hall–Kier alpha value is -1.38. The summed E-state index contributed by atoms with van der Waals surface area (Å²) in [5.74, 6) is -0.0241. The first-order valence-corrected chi connectivity index (χ1v) is 9.14. The number of carbonyl (C=O) groups is 1. The van der Waals surface area contributed by atoms with E-state index < -0.39 is 0 Å². The van der Waals surface area contributed by atoms with Gasteiger partial charge in [0.15, 0.2) is 5.69 Å². The first-order valence-electron chi connectivity index (χ1n) is 7.57. The fourth-order valence-corrected chi connectivity index (χ4v) is 4.67. The van der Waals surface area contributed by atoms with E-state index in [1.807, 2.05) is 4.90 Å². The molecule has 120 valence electrons. The number of aromatic nitrogens is 3. The minimum atomic E-state index is -0.0241. The molecule has 2 bridgehead atoms. The summed E-state index contributed by atoms with van der Waals surface area (Å²) in [6.45, 7) is 1.51. The number of nitrogens with one attached hydrogen (secondary N) is 1. The van der Waals surface area contributed by atoms with Crippen LogP contribution in [-0.4, -0.2) is 55.7 Å². The number of benzene rings is 1. The molecule has 1 amide bonds. The first kappa shape index (κ1) is 15.2. The first-order chi connectivity index (χ1) is 11.2. The van der Waals surface area contributed by atoms with Gasteiger partial charge in [-0.3, -0.25) is 4.79 Å². The Balaban J connectivity index is 1.45. The maximum absolute atomic E-state index is 12.5. The smallest absolute Gasteiger partial charge is 0.276 e. The molecule has 1 aromatic carbocycles. The molecule has 8 heteroatoms. The van der Waals surface area contributed by atoms with Crippen molar-refractivity contribution in [3.8, 4) is 0 Å². The van der Waals surface area contributed by atoms with Crippen LogP contribution in [0.2, 0.25) is 0 Å². The maximum atomic E-state index is 12.5. The second-order valence-corrected chi connectivity index (χ2v) is 7.85. The highest BCUT2D eigenvalue weighted by molar-refractivity contribution is 9.10. The highest BCUT2D eigenvalue weighted by Crippen LogP contribution is 2.39. The number of aromatic amines is 1. The average Bonchev–Trinajstić information content (AvgIpc) is 3.16. The van der Waals surface area contributed by atoms with Gasteiger partial charge in [0.2, 0.25) is 0 Å². The van der Waals surface area contributed by atoms with Crippen LogP contribution in [-0.2, 0) is 0 Å². The lowest BCUT2D eigenvalue weighted by Gasteiger charge is -2.39. The van der Waals surface area contributed by atoms with Crippen LogP contribution in [0.25, 0.3) is 0 Å². The number of rotatable bonds is 3. The lowest BCUT2D eigenvalue weighted by atomic mass is 10.2. The molecule has 23 heavy (non-hydrogen) atoms. The Kier molecular flexibility index (Phi) is 4.13. The van der Waals surface area contributed by atoms with Gasteiger partial charge in [0.1, 0.15) is 0 Å². The number of carbonyl (C=O) groups excluding carboxylic acids is 1. The van der Waals surface area contributed by atoms with Crippen LogP contribution in [0.5, 0.6) is 0 Å². The van der Waals surface area contributed by atoms with Gasteiger partial charge < -0.3 is 4.90 Å². The highest BCUT2D eigenvalue weighted by Gasteiger charge is 2.42. The number of hydrogen-bond acceptors (Lipinski definition) is 5. The summed E-state index contributed by atoms with van der Waals surface area (Å²) in [6.07, 6.45) is 3.76. The summed E-state index contributed by atoms with van der Waals surface area (Å²) in [5.41, 5.74) is 0.401. The number of fused-ring (bicyclic) bond motifs is 2. The van der Waals surface area contributed by atoms with Crippen molar-refractivity contribution in [2.75, 3.05) is 13.1 Å². The number of piperazine rings is 1. The topological polar surface area (TPSA) is 65.1 Å². The zero-order valence-corrected chi connectivity index (χ0v) is 14.8. The van der Waals surface area contributed by atoms with Crippen molar-refractivity contribution in [3.63, 3.8) is 0 Å². The SMILES string of the molecule is O=C(c1cn[nH]n1)N1CC2CCC(C1)N2Sc1ccc(Br)cc1. The molecule has 2 saturated heterocycles. The fourth-order valence-electron chi connectivity index (χ4n) is 3.26. The number of H-pyrrole nitrogens is 1. The predicted molar refractivity (Wildman–Crippen MR) is 90.9 cm³/mol. The van der Waals surface area contributed by atoms with Crippen molar-refractivity contribution in [2.24, 2.45) is 0 Å². The zero-order valence-electron chi connectivity index (χ0n) is 12.4. The van der Waals surface area contributed by atoms with E-state index in [4.69, 9.17) is 0 Å². The zero-order chi connectivity index (χ0) is 15.8. The van der Waals surface area contributed by atoms with Gasteiger partial charge in [-0.05, 0) is 49.1 Å². The Morgan fingerprint density at radius 1 is 1.22 bits per heavy atom. The number of hydrogen-bond donors (Lipinski definition) is 1. The van der Waals surface area contributed by atoms with E-state index in [9.17, 15) is 4.79 Å². The molecule has 1 aromatic heterocycles. The molecule has 1 N–H and O–H groups in total. The van der Waals surface area contributed by atoms with Gasteiger partial charge in [0, 0.05) is 34.5 Å². The van der Waals surface area contributed by atoms with Crippen LogP contribution in [0.3, 0.4) is 0 Å². The van der Waals surface area contributed by atoms with Crippen LogP contribution in [0.4, 0.5) is 0 Å². The molecule has 3 heterocycles. The fraction of sp³-hybridized carbons (Fsp3) is 0.400. The summed E-state index contributed by atoms with van der Waals surface area (Å²) in [6, 6.07) is 9.18. The van der Waals surface area contributed by atoms with E-state index in [1.165, 1.54) is 11.1 Å². The van der Waals surface area contributed by atoms with Crippen LogP contribution in [0, 0.1) is 0 Å². The summed E-state index contributed by atoms with van der Waals surface area (Å²) in [5, 5.41) is 10.1. The van der Waals surface area contributed by atoms with Gasteiger partial charge in [-0.1, -0.05) is 15.9 Å².